The van der Waals surface area contributed by atoms with Crippen molar-refractivity contribution in [1.82, 2.24) is 0 Å². The summed E-state index contributed by atoms with van der Waals surface area (Å²) in [5.41, 5.74) is 1.32. The molecular formula is C31H30INO7. The van der Waals surface area contributed by atoms with Gasteiger partial charge in [-0.15, -0.1) is 0 Å². The molecule has 40 heavy (non-hydrogen) atoms. The fourth-order valence-electron chi connectivity index (χ4n) is 4.70. The molecule has 0 unspecified atom stereocenters. The van der Waals surface area contributed by atoms with Crippen molar-refractivity contribution in [2.75, 3.05) is 20.8 Å². The number of benzene rings is 3. The largest absolute Gasteiger partial charge is 0.497 e. The fourth-order valence-corrected chi connectivity index (χ4v) is 5.10. The number of carbonyl (C=O) groups is 1. The third kappa shape index (κ3) is 6.01. The monoisotopic (exact) mass is 655 g/mol. The molecule has 0 radical (unpaired) electrons. The van der Waals surface area contributed by atoms with Crippen LogP contribution >= 0.6 is 22.6 Å². The summed E-state index contributed by atoms with van der Waals surface area (Å²) in [6, 6.07) is 24.7. The lowest BCUT2D eigenvalue weighted by molar-refractivity contribution is -0.151. The first-order valence-corrected chi connectivity index (χ1v) is 14.1. The molecule has 2 heterocycles. The Morgan fingerprint density at radius 3 is 2.12 bits per heavy atom. The van der Waals surface area contributed by atoms with E-state index in [-0.39, 0.29) is 13.2 Å². The summed E-state index contributed by atoms with van der Waals surface area (Å²) in [5.74, 6) is 1.41. The van der Waals surface area contributed by atoms with E-state index in [0.717, 1.165) is 28.2 Å². The van der Waals surface area contributed by atoms with Gasteiger partial charge in [0.05, 0.1) is 34.0 Å². The van der Waals surface area contributed by atoms with Crippen LogP contribution < -0.4 is 9.47 Å². The summed E-state index contributed by atoms with van der Waals surface area (Å²) in [6.07, 6.45) is -0.173. The number of ether oxygens (including phenoxy) is 6. The summed E-state index contributed by atoms with van der Waals surface area (Å²) in [6.45, 7) is 0.593. The number of carbonyl (C=O) groups excluding carboxylic acids is 1. The van der Waals surface area contributed by atoms with Gasteiger partial charge in [0.2, 0.25) is 11.4 Å². The maximum Gasteiger partial charge on any atom is 0.341 e. The molecule has 5 rings (SSSR count). The van der Waals surface area contributed by atoms with Crippen LogP contribution in [0.25, 0.3) is 0 Å². The third-order valence-electron chi connectivity index (χ3n) is 6.86. The zero-order valence-electron chi connectivity index (χ0n) is 22.2. The molecule has 0 bridgehead atoms. The highest BCUT2D eigenvalue weighted by Gasteiger charge is 2.65. The number of esters is 1. The molecule has 208 valence electrons. The van der Waals surface area contributed by atoms with Gasteiger partial charge in [-0.2, -0.15) is 0 Å². The molecule has 4 atom stereocenters. The van der Waals surface area contributed by atoms with Crippen LogP contribution in [0.5, 0.6) is 11.5 Å². The molecule has 0 aromatic heterocycles. The van der Waals surface area contributed by atoms with Crippen molar-refractivity contribution in [2.24, 2.45) is 4.99 Å². The molecule has 1 saturated heterocycles. The van der Waals surface area contributed by atoms with Gasteiger partial charge in [0.15, 0.2) is 12.2 Å². The molecule has 1 fully saturated rings. The van der Waals surface area contributed by atoms with Gasteiger partial charge in [0.25, 0.3) is 0 Å². The third-order valence-corrected chi connectivity index (χ3v) is 7.28. The Hall–Kier alpha value is -3.41. The second-order valence-corrected chi connectivity index (χ2v) is 10.1. The highest BCUT2D eigenvalue weighted by molar-refractivity contribution is 14.1. The van der Waals surface area contributed by atoms with Crippen molar-refractivity contribution in [3.8, 4) is 11.5 Å². The van der Waals surface area contributed by atoms with E-state index in [0.29, 0.717) is 12.5 Å². The number of fused-ring (bicyclic) bond motifs is 1. The van der Waals surface area contributed by atoms with Gasteiger partial charge in [0, 0.05) is 5.56 Å². The van der Waals surface area contributed by atoms with Crippen molar-refractivity contribution in [2.45, 2.75) is 37.1 Å². The van der Waals surface area contributed by atoms with E-state index in [1.807, 2.05) is 89.0 Å². The Balaban J connectivity index is 1.37. The van der Waals surface area contributed by atoms with Gasteiger partial charge in [-0.3, -0.25) is 0 Å². The second kappa shape index (κ2) is 12.8. The lowest BCUT2D eigenvalue weighted by Gasteiger charge is -2.26. The molecule has 3 aromatic carbocycles. The van der Waals surface area contributed by atoms with Crippen LogP contribution in [0.3, 0.4) is 0 Å². The molecule has 0 amide bonds. The van der Waals surface area contributed by atoms with Crippen LogP contribution in [-0.4, -0.2) is 56.5 Å². The molecule has 8 nitrogen and oxygen atoms in total. The van der Waals surface area contributed by atoms with Gasteiger partial charge in [0.1, 0.15) is 17.6 Å². The molecule has 2 aliphatic rings. The summed E-state index contributed by atoms with van der Waals surface area (Å²) in [4.78, 5) is 18.3. The predicted octanol–water partition coefficient (Wildman–Crippen LogP) is 5.26. The summed E-state index contributed by atoms with van der Waals surface area (Å²) < 4.78 is 37.0. The van der Waals surface area contributed by atoms with Crippen molar-refractivity contribution in [3.05, 3.63) is 106 Å². The predicted molar refractivity (Wildman–Crippen MR) is 158 cm³/mol. The van der Waals surface area contributed by atoms with Gasteiger partial charge in [-0.05, 0) is 57.7 Å². The quantitative estimate of drug-likeness (QED) is 0.194. The molecular weight excluding hydrogens is 625 g/mol. The molecule has 0 spiro atoms. The zero-order valence-corrected chi connectivity index (χ0v) is 24.4. The zero-order chi connectivity index (χ0) is 28.0. The molecule has 2 aliphatic heterocycles. The number of aliphatic imine (C=N–C) groups is 1. The first-order valence-electron chi connectivity index (χ1n) is 12.8. The molecule has 0 aliphatic carbocycles. The number of nitrogens with zero attached hydrogens (tertiary/aromatic N) is 1. The Labute approximate surface area is 247 Å². The Kier molecular flexibility index (Phi) is 9.03. The topological polar surface area (TPSA) is 84.8 Å². The molecule has 9 heteroatoms. The van der Waals surface area contributed by atoms with E-state index in [9.17, 15) is 4.79 Å². The highest BCUT2D eigenvalue weighted by Crippen LogP contribution is 2.41. The summed E-state index contributed by atoms with van der Waals surface area (Å²) in [5, 5.41) is 0. The molecule has 0 saturated carbocycles. The van der Waals surface area contributed by atoms with E-state index in [1.165, 1.54) is 0 Å². The number of hydrogen-bond acceptors (Lipinski definition) is 8. The summed E-state index contributed by atoms with van der Waals surface area (Å²) in [7, 11) is 3.25. The van der Waals surface area contributed by atoms with Crippen LogP contribution in [-0.2, 0) is 37.0 Å². The normalized spacial score (nSPS) is 22.4. The van der Waals surface area contributed by atoms with Gasteiger partial charge in [-0.25, -0.2) is 9.79 Å². The first kappa shape index (κ1) is 28.1. The van der Waals surface area contributed by atoms with Crippen LogP contribution in [0.15, 0.2) is 94.0 Å². The average Bonchev–Trinajstić information content (AvgIpc) is 3.51. The number of rotatable bonds is 12. The van der Waals surface area contributed by atoms with E-state index in [4.69, 9.17) is 33.4 Å². The van der Waals surface area contributed by atoms with Crippen LogP contribution in [0.1, 0.15) is 16.7 Å². The molecule has 0 N–H and O–H groups in total. The maximum absolute atomic E-state index is 13.5. The molecule has 3 aromatic rings. The van der Waals surface area contributed by atoms with Crippen molar-refractivity contribution < 1.29 is 33.2 Å². The number of cyclic esters (lactones) is 1. The van der Waals surface area contributed by atoms with E-state index >= 15 is 0 Å². The van der Waals surface area contributed by atoms with Crippen molar-refractivity contribution in [3.63, 3.8) is 0 Å². The smallest absolute Gasteiger partial charge is 0.341 e. The van der Waals surface area contributed by atoms with E-state index in [2.05, 4.69) is 22.6 Å². The van der Waals surface area contributed by atoms with Crippen LogP contribution in [0, 0.1) is 0 Å². The standard InChI is InChI=1S/C31H30INO7/c1-35-24-12-8-21(9-13-24)18-37-20-31-28(40-29(33-31)23-6-4-3-5-7-23)27(39-30(31)34)26(16-17-32)38-19-22-10-14-25(36-2)15-11-22/h3-17,26-28H,18-20H2,1-2H3/b17-16+/t26-,27+,28-,31-/m0/s1. The van der Waals surface area contributed by atoms with Gasteiger partial charge < -0.3 is 28.4 Å². The highest BCUT2D eigenvalue weighted by atomic mass is 127. The maximum atomic E-state index is 13.5. The van der Waals surface area contributed by atoms with E-state index in [1.54, 1.807) is 14.2 Å². The SMILES string of the molecule is COc1ccc(COC[C@]23N=C(c4ccccc4)O[C@H]2[C@@H]([C@H](/C=C/I)OCc2ccc(OC)cc2)OC3=O)cc1. The average molecular weight is 655 g/mol. The van der Waals surface area contributed by atoms with Gasteiger partial charge in [-0.1, -0.05) is 65.1 Å². The number of hydrogen-bond donors (Lipinski definition) is 0. The second-order valence-electron chi connectivity index (χ2n) is 9.40. The Morgan fingerprint density at radius 1 is 0.900 bits per heavy atom. The first-order chi connectivity index (χ1) is 19.6. The lowest BCUT2D eigenvalue weighted by Crippen LogP contribution is -2.48. The number of halogens is 1. The minimum atomic E-state index is -1.36. The van der Waals surface area contributed by atoms with E-state index < -0.39 is 29.8 Å². The number of methoxy groups -OCH3 is 2. The van der Waals surface area contributed by atoms with Crippen molar-refractivity contribution in [1.29, 1.82) is 0 Å². The van der Waals surface area contributed by atoms with Gasteiger partial charge >= 0.3 is 5.97 Å². The van der Waals surface area contributed by atoms with Crippen LogP contribution in [0.4, 0.5) is 0 Å². The van der Waals surface area contributed by atoms with Crippen molar-refractivity contribution >= 4 is 34.5 Å². The lowest BCUT2D eigenvalue weighted by atomic mass is 9.91. The van der Waals surface area contributed by atoms with Crippen LogP contribution in [0.2, 0.25) is 0 Å². The fraction of sp³-hybridized carbons (Fsp3) is 0.290. The minimum absolute atomic E-state index is 0.00544. The minimum Gasteiger partial charge on any atom is -0.497 e. The Morgan fingerprint density at radius 2 is 1.52 bits per heavy atom. The summed E-state index contributed by atoms with van der Waals surface area (Å²) >= 11 is 2.13. The Bertz CT molecular complexity index is 1340.